The lowest BCUT2D eigenvalue weighted by molar-refractivity contribution is -0.384. The first-order valence-electron chi connectivity index (χ1n) is 5.26. The van der Waals surface area contributed by atoms with Crippen molar-refractivity contribution in [3.63, 3.8) is 0 Å². The Kier molecular flexibility index (Phi) is 4.98. The van der Waals surface area contributed by atoms with E-state index in [-0.39, 0.29) is 5.69 Å². The van der Waals surface area contributed by atoms with E-state index in [1.54, 1.807) is 12.1 Å². The van der Waals surface area contributed by atoms with Gasteiger partial charge in [0.25, 0.3) is 5.69 Å². The molecular weight excluding hydrogens is 206 g/mol. The van der Waals surface area contributed by atoms with Gasteiger partial charge in [-0.05, 0) is 25.0 Å². The molecule has 5 nitrogen and oxygen atoms in total. The Labute approximate surface area is 94.3 Å². The van der Waals surface area contributed by atoms with Crippen LogP contribution in [0.4, 0.5) is 11.4 Å². The topological polar surface area (TPSA) is 67.5 Å². The number of nitrogens with zero attached hydrogens (tertiary/aromatic N) is 2. The highest BCUT2D eigenvalue weighted by molar-refractivity contribution is 5.59. The van der Waals surface area contributed by atoms with Gasteiger partial charge >= 0.3 is 0 Å². The summed E-state index contributed by atoms with van der Waals surface area (Å²) in [6.45, 7) is 2.12. The van der Waals surface area contributed by atoms with Crippen molar-refractivity contribution in [2.75, 3.05) is 5.43 Å². The van der Waals surface area contributed by atoms with E-state index in [1.807, 2.05) is 6.21 Å². The molecule has 1 aromatic carbocycles. The molecule has 0 atom stereocenters. The number of non-ortho nitro benzene ring substituents is 1. The molecule has 5 heteroatoms. The number of anilines is 1. The van der Waals surface area contributed by atoms with E-state index < -0.39 is 4.92 Å². The molecular formula is C11H15N3O2. The van der Waals surface area contributed by atoms with Crippen LogP contribution in [0.5, 0.6) is 0 Å². The number of nitro groups is 1. The first kappa shape index (κ1) is 12.2. The van der Waals surface area contributed by atoms with Crippen molar-refractivity contribution in [3.8, 4) is 0 Å². The highest BCUT2D eigenvalue weighted by Crippen LogP contribution is 2.15. The molecule has 0 saturated heterocycles. The normalized spacial score (nSPS) is 10.6. The molecule has 16 heavy (non-hydrogen) atoms. The Morgan fingerprint density at radius 1 is 1.44 bits per heavy atom. The third-order valence-electron chi connectivity index (χ3n) is 2.05. The van der Waals surface area contributed by atoms with E-state index in [4.69, 9.17) is 0 Å². The average Bonchev–Trinajstić information content (AvgIpc) is 2.29. The fourth-order valence-electron chi connectivity index (χ4n) is 1.14. The standard InChI is InChI=1S/C11H15N3O2/c1-2-3-4-9-12-13-10-5-7-11(8-6-10)14(15)16/h5-9,13H,2-4H2,1H3. The molecule has 86 valence electrons. The zero-order valence-electron chi connectivity index (χ0n) is 9.22. The number of hydrazone groups is 1. The molecule has 0 fully saturated rings. The number of unbranched alkanes of at least 4 members (excludes halogenated alkanes) is 2. The lowest BCUT2D eigenvalue weighted by Crippen LogP contribution is -1.91. The van der Waals surface area contributed by atoms with Crippen molar-refractivity contribution >= 4 is 17.6 Å². The Morgan fingerprint density at radius 2 is 2.12 bits per heavy atom. The maximum absolute atomic E-state index is 10.4. The highest BCUT2D eigenvalue weighted by atomic mass is 16.6. The van der Waals surface area contributed by atoms with Gasteiger partial charge in [0, 0.05) is 18.3 Å². The van der Waals surface area contributed by atoms with Crippen molar-refractivity contribution in [2.45, 2.75) is 26.2 Å². The van der Waals surface area contributed by atoms with E-state index >= 15 is 0 Å². The van der Waals surface area contributed by atoms with Crippen LogP contribution in [-0.4, -0.2) is 11.1 Å². The SMILES string of the molecule is CCCCC=NNc1ccc([N+](=O)[O-])cc1. The second-order valence-electron chi connectivity index (χ2n) is 3.37. The summed E-state index contributed by atoms with van der Waals surface area (Å²) in [5, 5.41) is 14.4. The second kappa shape index (κ2) is 6.55. The number of nitro benzene ring substituents is 1. The van der Waals surface area contributed by atoms with Gasteiger partial charge < -0.3 is 0 Å². The molecule has 0 bridgehead atoms. The zero-order chi connectivity index (χ0) is 11.8. The minimum Gasteiger partial charge on any atom is -0.279 e. The summed E-state index contributed by atoms with van der Waals surface area (Å²) in [6, 6.07) is 6.17. The number of hydrogen-bond donors (Lipinski definition) is 1. The van der Waals surface area contributed by atoms with Gasteiger partial charge in [-0.2, -0.15) is 5.10 Å². The van der Waals surface area contributed by atoms with Crippen LogP contribution in [0.3, 0.4) is 0 Å². The second-order valence-corrected chi connectivity index (χ2v) is 3.37. The van der Waals surface area contributed by atoms with Gasteiger partial charge in [-0.15, -0.1) is 0 Å². The quantitative estimate of drug-likeness (QED) is 0.347. The van der Waals surface area contributed by atoms with Crippen LogP contribution in [-0.2, 0) is 0 Å². The first-order valence-corrected chi connectivity index (χ1v) is 5.26. The van der Waals surface area contributed by atoms with Crippen LogP contribution in [0.15, 0.2) is 29.4 Å². The highest BCUT2D eigenvalue weighted by Gasteiger charge is 2.02. The minimum atomic E-state index is -0.422. The molecule has 0 heterocycles. The van der Waals surface area contributed by atoms with E-state index in [1.165, 1.54) is 12.1 Å². The van der Waals surface area contributed by atoms with Crippen LogP contribution in [0, 0.1) is 10.1 Å². The largest absolute Gasteiger partial charge is 0.279 e. The summed E-state index contributed by atoms with van der Waals surface area (Å²) in [4.78, 5) is 9.98. The fourth-order valence-corrected chi connectivity index (χ4v) is 1.14. The summed E-state index contributed by atoms with van der Waals surface area (Å²) < 4.78 is 0. The fraction of sp³-hybridized carbons (Fsp3) is 0.364. The Hall–Kier alpha value is -1.91. The number of rotatable bonds is 6. The van der Waals surface area contributed by atoms with Crippen molar-refractivity contribution in [1.82, 2.24) is 0 Å². The molecule has 0 saturated carbocycles. The first-order chi connectivity index (χ1) is 7.74. The van der Waals surface area contributed by atoms with Crippen LogP contribution in [0.2, 0.25) is 0 Å². The smallest absolute Gasteiger partial charge is 0.269 e. The summed E-state index contributed by atoms with van der Waals surface area (Å²) in [5.74, 6) is 0. The van der Waals surface area contributed by atoms with E-state index in [0.717, 1.165) is 24.9 Å². The van der Waals surface area contributed by atoms with E-state index in [2.05, 4.69) is 17.5 Å². The van der Waals surface area contributed by atoms with Crippen LogP contribution in [0.1, 0.15) is 26.2 Å². The molecule has 0 unspecified atom stereocenters. The predicted molar refractivity (Wildman–Crippen MR) is 64.7 cm³/mol. The summed E-state index contributed by atoms with van der Waals surface area (Å²) in [5.41, 5.74) is 3.65. The molecule has 0 aliphatic heterocycles. The maximum Gasteiger partial charge on any atom is 0.269 e. The summed E-state index contributed by atoms with van der Waals surface area (Å²) >= 11 is 0. The zero-order valence-corrected chi connectivity index (χ0v) is 9.22. The van der Waals surface area contributed by atoms with Crippen molar-refractivity contribution in [3.05, 3.63) is 34.4 Å². The van der Waals surface area contributed by atoms with E-state index in [9.17, 15) is 10.1 Å². The monoisotopic (exact) mass is 221 g/mol. The van der Waals surface area contributed by atoms with Gasteiger partial charge in [0.2, 0.25) is 0 Å². The minimum absolute atomic E-state index is 0.0838. The molecule has 0 aliphatic rings. The molecule has 0 aliphatic carbocycles. The average molecular weight is 221 g/mol. The van der Waals surface area contributed by atoms with Crippen LogP contribution >= 0.6 is 0 Å². The van der Waals surface area contributed by atoms with Gasteiger partial charge in [-0.25, -0.2) is 0 Å². The Balaban J connectivity index is 2.43. The Morgan fingerprint density at radius 3 is 2.69 bits per heavy atom. The molecule has 0 aromatic heterocycles. The maximum atomic E-state index is 10.4. The lowest BCUT2D eigenvalue weighted by atomic mass is 10.3. The van der Waals surface area contributed by atoms with Crippen molar-refractivity contribution in [2.24, 2.45) is 5.10 Å². The molecule has 0 spiro atoms. The Bertz CT molecular complexity index is 360. The molecule has 0 amide bonds. The summed E-state index contributed by atoms with van der Waals surface area (Å²) in [6.07, 6.45) is 5.01. The predicted octanol–water partition coefficient (Wildman–Crippen LogP) is 3.18. The van der Waals surface area contributed by atoms with Gasteiger partial charge in [-0.3, -0.25) is 15.5 Å². The van der Waals surface area contributed by atoms with E-state index in [0.29, 0.717) is 0 Å². The molecule has 1 aromatic rings. The van der Waals surface area contributed by atoms with Crippen LogP contribution < -0.4 is 5.43 Å². The van der Waals surface area contributed by atoms with Gasteiger partial charge in [0.05, 0.1) is 10.6 Å². The van der Waals surface area contributed by atoms with Crippen LogP contribution in [0.25, 0.3) is 0 Å². The molecule has 1 rings (SSSR count). The number of nitrogens with one attached hydrogen (secondary N) is 1. The lowest BCUT2D eigenvalue weighted by Gasteiger charge is -1.98. The third-order valence-corrected chi connectivity index (χ3v) is 2.05. The number of hydrogen-bond acceptors (Lipinski definition) is 4. The summed E-state index contributed by atoms with van der Waals surface area (Å²) in [7, 11) is 0. The molecule has 1 N–H and O–H groups in total. The van der Waals surface area contributed by atoms with Gasteiger partial charge in [0.15, 0.2) is 0 Å². The number of benzene rings is 1. The van der Waals surface area contributed by atoms with Gasteiger partial charge in [-0.1, -0.05) is 13.3 Å². The van der Waals surface area contributed by atoms with Crippen molar-refractivity contribution < 1.29 is 4.92 Å². The molecule has 0 radical (unpaired) electrons. The van der Waals surface area contributed by atoms with Gasteiger partial charge in [0.1, 0.15) is 0 Å². The van der Waals surface area contributed by atoms with Crippen molar-refractivity contribution in [1.29, 1.82) is 0 Å². The third kappa shape index (κ3) is 4.08.